The first-order valence-corrected chi connectivity index (χ1v) is 8.00. The predicted molar refractivity (Wildman–Crippen MR) is 89.0 cm³/mol. The lowest BCUT2D eigenvalue weighted by Gasteiger charge is -2.25. The van der Waals surface area contributed by atoms with Gasteiger partial charge in [0, 0.05) is 32.2 Å². The van der Waals surface area contributed by atoms with Crippen LogP contribution in [0.1, 0.15) is 53.3 Å². The maximum atomic E-state index is 5.70. The predicted octanol–water partition coefficient (Wildman–Crippen LogP) is 3.48. The molecule has 0 radical (unpaired) electrons. The molecule has 1 aromatic rings. The van der Waals surface area contributed by atoms with Crippen LogP contribution in [0, 0.1) is 0 Å². The molecular weight excluding hydrogens is 264 g/mol. The molecule has 5 nitrogen and oxygen atoms in total. The molecule has 0 saturated carbocycles. The summed E-state index contributed by atoms with van der Waals surface area (Å²) in [6.45, 7) is 12.8. The van der Waals surface area contributed by atoms with E-state index in [1.54, 1.807) is 0 Å². The van der Waals surface area contributed by atoms with E-state index in [9.17, 15) is 0 Å². The lowest BCUT2D eigenvalue weighted by Crippen LogP contribution is -2.33. The smallest absolute Gasteiger partial charge is 0.133 e. The van der Waals surface area contributed by atoms with Gasteiger partial charge in [0.25, 0.3) is 0 Å². The van der Waals surface area contributed by atoms with E-state index in [-0.39, 0.29) is 5.60 Å². The Bertz CT molecular complexity index is 421. The van der Waals surface area contributed by atoms with Crippen LogP contribution in [0.15, 0.2) is 6.07 Å². The number of rotatable bonds is 10. The van der Waals surface area contributed by atoms with Gasteiger partial charge in [-0.1, -0.05) is 13.8 Å². The number of anilines is 2. The Hall–Kier alpha value is -1.36. The van der Waals surface area contributed by atoms with Crippen LogP contribution in [-0.2, 0) is 11.2 Å². The van der Waals surface area contributed by atoms with Crippen LogP contribution in [0.3, 0.4) is 0 Å². The number of hydrogen-bond acceptors (Lipinski definition) is 5. The van der Waals surface area contributed by atoms with Gasteiger partial charge in [0.15, 0.2) is 0 Å². The summed E-state index contributed by atoms with van der Waals surface area (Å²) in [7, 11) is 0. The molecule has 0 fully saturated rings. The van der Waals surface area contributed by atoms with Crippen LogP contribution in [0.25, 0.3) is 0 Å². The Balaban J connectivity index is 2.77. The van der Waals surface area contributed by atoms with E-state index in [2.05, 4.69) is 48.3 Å². The third-order valence-electron chi connectivity index (χ3n) is 3.03. The van der Waals surface area contributed by atoms with Crippen molar-refractivity contribution in [2.75, 3.05) is 30.3 Å². The van der Waals surface area contributed by atoms with Crippen molar-refractivity contribution < 1.29 is 4.74 Å². The minimum atomic E-state index is -0.207. The number of aryl methyl sites for hydroxylation is 1. The molecular formula is C16H30N4O. The Kier molecular flexibility index (Phi) is 7.43. The first-order valence-electron chi connectivity index (χ1n) is 8.00. The minimum absolute atomic E-state index is 0.207. The normalized spacial score (nSPS) is 11.5. The molecule has 0 aliphatic carbocycles. The van der Waals surface area contributed by atoms with E-state index >= 15 is 0 Å². The maximum Gasteiger partial charge on any atom is 0.133 e. The number of hydrogen-bond donors (Lipinski definition) is 2. The molecule has 0 aliphatic heterocycles. The lowest BCUT2D eigenvalue weighted by atomic mass is 10.1. The zero-order chi connectivity index (χ0) is 15.7. The van der Waals surface area contributed by atoms with Crippen LogP contribution in [0.2, 0.25) is 0 Å². The summed E-state index contributed by atoms with van der Waals surface area (Å²) in [5, 5.41) is 6.70. The topological polar surface area (TPSA) is 59.1 Å². The zero-order valence-corrected chi connectivity index (χ0v) is 14.1. The molecule has 0 spiro atoms. The van der Waals surface area contributed by atoms with E-state index in [1.165, 1.54) is 0 Å². The molecule has 0 bridgehead atoms. The molecule has 5 heteroatoms. The molecule has 0 saturated heterocycles. The second-order valence-corrected chi connectivity index (χ2v) is 5.78. The van der Waals surface area contributed by atoms with Gasteiger partial charge in [-0.25, -0.2) is 9.97 Å². The van der Waals surface area contributed by atoms with Gasteiger partial charge in [-0.05, 0) is 33.6 Å². The maximum absolute atomic E-state index is 5.70. The van der Waals surface area contributed by atoms with Crippen LogP contribution in [0.4, 0.5) is 11.6 Å². The molecule has 21 heavy (non-hydrogen) atoms. The van der Waals surface area contributed by atoms with Gasteiger partial charge >= 0.3 is 0 Å². The number of aromatic nitrogens is 2. The van der Waals surface area contributed by atoms with E-state index in [1.807, 2.05) is 13.0 Å². The first-order chi connectivity index (χ1) is 10.0. The molecule has 0 amide bonds. The van der Waals surface area contributed by atoms with Crippen molar-refractivity contribution >= 4 is 11.6 Å². The SMILES string of the molecule is CCCNc1cc(NCC(C)(C)OCC)nc(CCC)n1. The molecule has 2 N–H and O–H groups in total. The fourth-order valence-corrected chi connectivity index (χ4v) is 2.01. The molecule has 0 aromatic carbocycles. The second kappa shape index (κ2) is 8.82. The van der Waals surface area contributed by atoms with E-state index in [4.69, 9.17) is 4.74 Å². The monoisotopic (exact) mass is 294 g/mol. The Labute approximate surface area is 128 Å². The van der Waals surface area contributed by atoms with Crippen LogP contribution < -0.4 is 10.6 Å². The summed E-state index contributed by atoms with van der Waals surface area (Å²) in [6.07, 6.45) is 3.01. The highest BCUT2D eigenvalue weighted by Gasteiger charge is 2.17. The zero-order valence-electron chi connectivity index (χ0n) is 14.1. The number of ether oxygens (including phenoxy) is 1. The number of nitrogens with zero attached hydrogens (tertiary/aromatic N) is 2. The Morgan fingerprint density at radius 2 is 1.71 bits per heavy atom. The second-order valence-electron chi connectivity index (χ2n) is 5.78. The van der Waals surface area contributed by atoms with E-state index in [0.29, 0.717) is 6.61 Å². The minimum Gasteiger partial charge on any atom is -0.374 e. The standard InChI is InChI=1S/C16H30N4O/c1-6-9-13-19-14(17-10-7-2)11-15(20-13)18-12-16(4,5)21-8-3/h11H,6-10,12H2,1-5H3,(H2,17,18,19,20). The van der Waals surface area contributed by atoms with Crippen LogP contribution in [-0.4, -0.2) is 35.3 Å². The van der Waals surface area contributed by atoms with Gasteiger partial charge < -0.3 is 15.4 Å². The quantitative estimate of drug-likeness (QED) is 0.692. The lowest BCUT2D eigenvalue weighted by molar-refractivity contribution is 0.000637. The molecule has 0 unspecified atom stereocenters. The highest BCUT2D eigenvalue weighted by molar-refractivity contribution is 5.47. The van der Waals surface area contributed by atoms with Gasteiger partial charge in [-0.3, -0.25) is 0 Å². The van der Waals surface area contributed by atoms with Crippen LogP contribution in [0.5, 0.6) is 0 Å². The molecule has 1 aromatic heterocycles. The highest BCUT2D eigenvalue weighted by atomic mass is 16.5. The van der Waals surface area contributed by atoms with E-state index < -0.39 is 0 Å². The summed E-state index contributed by atoms with van der Waals surface area (Å²) in [5.74, 6) is 2.64. The Morgan fingerprint density at radius 3 is 2.29 bits per heavy atom. The summed E-state index contributed by atoms with van der Waals surface area (Å²) < 4.78 is 5.70. The van der Waals surface area contributed by atoms with Gasteiger partial charge in [-0.15, -0.1) is 0 Å². The highest BCUT2D eigenvalue weighted by Crippen LogP contribution is 2.15. The first kappa shape index (κ1) is 17.7. The molecule has 0 atom stereocenters. The van der Waals surface area contributed by atoms with Crippen molar-refractivity contribution in [2.45, 2.75) is 59.5 Å². The van der Waals surface area contributed by atoms with Crippen molar-refractivity contribution in [1.29, 1.82) is 0 Å². The summed E-state index contributed by atoms with van der Waals surface area (Å²) in [5.41, 5.74) is -0.207. The van der Waals surface area contributed by atoms with Gasteiger partial charge in [0.2, 0.25) is 0 Å². The summed E-state index contributed by atoms with van der Waals surface area (Å²) >= 11 is 0. The van der Waals surface area contributed by atoms with E-state index in [0.717, 1.165) is 49.8 Å². The van der Waals surface area contributed by atoms with Crippen molar-refractivity contribution in [3.63, 3.8) is 0 Å². The molecule has 1 rings (SSSR count). The summed E-state index contributed by atoms with van der Waals surface area (Å²) in [6, 6.07) is 1.97. The van der Waals surface area contributed by atoms with Crippen molar-refractivity contribution in [3.8, 4) is 0 Å². The molecule has 0 aliphatic rings. The van der Waals surface area contributed by atoms with Gasteiger partial charge in [-0.2, -0.15) is 0 Å². The van der Waals surface area contributed by atoms with Crippen molar-refractivity contribution in [3.05, 3.63) is 11.9 Å². The molecule has 120 valence electrons. The van der Waals surface area contributed by atoms with Gasteiger partial charge in [0.1, 0.15) is 17.5 Å². The number of nitrogens with one attached hydrogen (secondary N) is 2. The third kappa shape index (κ3) is 6.76. The van der Waals surface area contributed by atoms with Crippen molar-refractivity contribution in [2.24, 2.45) is 0 Å². The molecule has 1 heterocycles. The van der Waals surface area contributed by atoms with Gasteiger partial charge in [0.05, 0.1) is 5.60 Å². The van der Waals surface area contributed by atoms with Crippen LogP contribution >= 0.6 is 0 Å². The Morgan fingerprint density at radius 1 is 1.05 bits per heavy atom. The fourth-order valence-electron chi connectivity index (χ4n) is 2.01. The van der Waals surface area contributed by atoms with Crippen molar-refractivity contribution in [1.82, 2.24) is 9.97 Å². The average molecular weight is 294 g/mol. The summed E-state index contributed by atoms with van der Waals surface area (Å²) in [4.78, 5) is 9.12. The third-order valence-corrected chi connectivity index (χ3v) is 3.03. The largest absolute Gasteiger partial charge is 0.374 e. The fraction of sp³-hybridized carbons (Fsp3) is 0.750. The average Bonchev–Trinajstić information content (AvgIpc) is 2.43.